The molecule has 1 aliphatic rings. The number of halogens is 1. The first-order valence-electron chi connectivity index (χ1n) is 6.00. The Morgan fingerprint density at radius 3 is 2.37 bits per heavy atom. The van der Waals surface area contributed by atoms with E-state index in [0.29, 0.717) is 31.2 Å². The van der Waals surface area contributed by atoms with E-state index in [9.17, 15) is 9.59 Å². The third-order valence-electron chi connectivity index (χ3n) is 3.12. The number of nitrogens with zero attached hydrogens (tertiary/aromatic N) is 2. The molecule has 2 rings (SSSR count). The molecule has 0 aliphatic carbocycles. The van der Waals surface area contributed by atoms with Crippen LogP contribution >= 0.6 is 11.6 Å². The molecule has 1 aliphatic heterocycles. The first kappa shape index (κ1) is 13.7. The first-order chi connectivity index (χ1) is 9.13. The Bertz CT molecular complexity index is 485. The highest BCUT2D eigenvalue weighted by molar-refractivity contribution is 6.33. The van der Waals surface area contributed by atoms with Gasteiger partial charge >= 0.3 is 11.9 Å². The van der Waals surface area contributed by atoms with Gasteiger partial charge in [0.1, 0.15) is 0 Å². The van der Waals surface area contributed by atoms with Crippen molar-refractivity contribution in [3.05, 3.63) is 29.3 Å². The second kappa shape index (κ2) is 5.93. The molecule has 6 heteroatoms. The van der Waals surface area contributed by atoms with Gasteiger partial charge in [0.25, 0.3) is 0 Å². The molecule has 102 valence electrons. The summed E-state index contributed by atoms with van der Waals surface area (Å²) < 4.78 is 4.43. The van der Waals surface area contributed by atoms with Crippen molar-refractivity contribution in [2.75, 3.05) is 38.2 Å². The highest BCUT2D eigenvalue weighted by Crippen LogP contribution is 2.25. The van der Waals surface area contributed by atoms with Crippen LogP contribution in [-0.2, 0) is 14.3 Å². The van der Waals surface area contributed by atoms with Crippen molar-refractivity contribution in [2.45, 2.75) is 0 Å². The van der Waals surface area contributed by atoms with E-state index in [-0.39, 0.29) is 0 Å². The number of rotatable bonds is 1. The summed E-state index contributed by atoms with van der Waals surface area (Å²) in [6.07, 6.45) is 0. The van der Waals surface area contributed by atoms with Crippen LogP contribution in [0.3, 0.4) is 0 Å². The largest absolute Gasteiger partial charge is 0.462 e. The zero-order valence-corrected chi connectivity index (χ0v) is 11.4. The van der Waals surface area contributed by atoms with Crippen LogP contribution in [-0.4, -0.2) is 50.1 Å². The molecule has 0 unspecified atom stereocenters. The minimum absolute atomic E-state index is 0.485. The number of para-hydroxylation sites is 1. The molecule has 19 heavy (non-hydrogen) atoms. The number of hydrogen-bond donors (Lipinski definition) is 0. The van der Waals surface area contributed by atoms with E-state index in [1.165, 1.54) is 12.0 Å². The Balaban J connectivity index is 1.98. The molecule has 5 nitrogen and oxygen atoms in total. The van der Waals surface area contributed by atoms with Gasteiger partial charge in [-0.05, 0) is 12.1 Å². The molecule has 1 aromatic rings. The average Bonchev–Trinajstić information content (AvgIpc) is 2.46. The molecule has 1 amide bonds. The summed E-state index contributed by atoms with van der Waals surface area (Å²) in [7, 11) is 1.21. The van der Waals surface area contributed by atoms with E-state index in [4.69, 9.17) is 11.6 Å². The molecule has 0 bridgehead atoms. The van der Waals surface area contributed by atoms with Crippen molar-refractivity contribution in [3.63, 3.8) is 0 Å². The average molecular weight is 283 g/mol. The van der Waals surface area contributed by atoms with Crippen LogP contribution in [0.25, 0.3) is 0 Å². The smallest absolute Gasteiger partial charge is 0.396 e. The number of hydrogen-bond acceptors (Lipinski definition) is 4. The maximum absolute atomic E-state index is 11.6. The molecule has 0 radical (unpaired) electrons. The van der Waals surface area contributed by atoms with Gasteiger partial charge in [-0.15, -0.1) is 0 Å². The zero-order chi connectivity index (χ0) is 13.8. The van der Waals surface area contributed by atoms with Gasteiger partial charge in [-0.1, -0.05) is 23.7 Å². The SMILES string of the molecule is COC(=O)C(=O)N1CCN(c2ccccc2Cl)CC1. The van der Waals surface area contributed by atoms with Crippen LogP contribution in [0, 0.1) is 0 Å². The molecule has 1 aromatic carbocycles. The molecule has 0 aromatic heterocycles. The molecule has 1 fully saturated rings. The lowest BCUT2D eigenvalue weighted by atomic mass is 10.2. The number of ether oxygens (including phenoxy) is 1. The lowest BCUT2D eigenvalue weighted by molar-refractivity contribution is -0.158. The summed E-state index contributed by atoms with van der Waals surface area (Å²) in [4.78, 5) is 26.4. The van der Waals surface area contributed by atoms with Crippen LogP contribution in [0.1, 0.15) is 0 Å². The van der Waals surface area contributed by atoms with Crippen molar-refractivity contribution in [3.8, 4) is 0 Å². The third kappa shape index (κ3) is 2.98. The van der Waals surface area contributed by atoms with E-state index in [1.807, 2.05) is 24.3 Å². The fraction of sp³-hybridized carbons (Fsp3) is 0.385. The molecule has 0 atom stereocenters. The molecule has 0 saturated carbocycles. The van der Waals surface area contributed by atoms with Crippen LogP contribution in [0.2, 0.25) is 5.02 Å². The van der Waals surface area contributed by atoms with Gasteiger partial charge in [-0.25, -0.2) is 4.79 Å². The predicted octanol–water partition coefficient (Wildman–Crippen LogP) is 1.16. The topological polar surface area (TPSA) is 49.9 Å². The maximum atomic E-state index is 11.6. The zero-order valence-electron chi connectivity index (χ0n) is 10.6. The Labute approximate surface area is 116 Å². The maximum Gasteiger partial charge on any atom is 0.396 e. The third-order valence-corrected chi connectivity index (χ3v) is 3.44. The Morgan fingerprint density at radius 1 is 1.16 bits per heavy atom. The fourth-order valence-corrected chi connectivity index (χ4v) is 2.33. The number of carbonyl (C=O) groups is 2. The van der Waals surface area contributed by atoms with Crippen LogP contribution in [0.5, 0.6) is 0 Å². The molecule has 0 N–H and O–H groups in total. The van der Waals surface area contributed by atoms with Crippen LogP contribution < -0.4 is 4.90 Å². The summed E-state index contributed by atoms with van der Waals surface area (Å²) in [6.45, 7) is 2.26. The predicted molar refractivity (Wildman–Crippen MR) is 72.3 cm³/mol. The van der Waals surface area contributed by atoms with E-state index in [1.54, 1.807) is 0 Å². The Kier molecular flexibility index (Phi) is 4.27. The van der Waals surface area contributed by atoms with Crippen molar-refractivity contribution in [2.24, 2.45) is 0 Å². The van der Waals surface area contributed by atoms with E-state index < -0.39 is 11.9 Å². The summed E-state index contributed by atoms with van der Waals surface area (Å²) in [6, 6.07) is 7.58. The van der Waals surface area contributed by atoms with Crippen molar-refractivity contribution in [1.82, 2.24) is 4.90 Å². The molecule has 1 heterocycles. The standard InChI is InChI=1S/C13H15ClN2O3/c1-19-13(18)12(17)16-8-6-15(7-9-16)11-5-3-2-4-10(11)14/h2-5H,6-9H2,1H3. The summed E-state index contributed by atoms with van der Waals surface area (Å²) in [5.41, 5.74) is 0.953. The highest BCUT2D eigenvalue weighted by Gasteiger charge is 2.27. The minimum atomic E-state index is -0.814. The minimum Gasteiger partial charge on any atom is -0.462 e. The molecule has 1 saturated heterocycles. The van der Waals surface area contributed by atoms with Gasteiger partial charge in [0.15, 0.2) is 0 Å². The fourth-order valence-electron chi connectivity index (χ4n) is 2.08. The quantitative estimate of drug-likeness (QED) is 0.573. The van der Waals surface area contributed by atoms with Crippen LogP contribution in [0.4, 0.5) is 5.69 Å². The lowest BCUT2D eigenvalue weighted by Crippen LogP contribution is -2.51. The number of methoxy groups -OCH3 is 1. The second-order valence-corrected chi connectivity index (χ2v) is 4.63. The van der Waals surface area contributed by atoms with Crippen molar-refractivity contribution >= 4 is 29.2 Å². The summed E-state index contributed by atoms with van der Waals surface area (Å²) in [5, 5.41) is 0.690. The lowest BCUT2D eigenvalue weighted by Gasteiger charge is -2.35. The molecular formula is C13H15ClN2O3. The normalized spacial score (nSPS) is 15.3. The second-order valence-electron chi connectivity index (χ2n) is 4.22. The molecular weight excluding hydrogens is 268 g/mol. The van der Waals surface area contributed by atoms with Crippen LogP contribution in [0.15, 0.2) is 24.3 Å². The number of benzene rings is 1. The van der Waals surface area contributed by atoms with Gasteiger partial charge in [-0.2, -0.15) is 0 Å². The summed E-state index contributed by atoms with van der Waals surface area (Å²) in [5.74, 6) is -1.40. The van der Waals surface area contributed by atoms with E-state index in [0.717, 1.165) is 5.69 Å². The Morgan fingerprint density at radius 2 is 1.79 bits per heavy atom. The van der Waals surface area contributed by atoms with Crippen molar-refractivity contribution < 1.29 is 14.3 Å². The number of carbonyl (C=O) groups excluding carboxylic acids is 2. The van der Waals surface area contributed by atoms with Crippen molar-refractivity contribution in [1.29, 1.82) is 0 Å². The van der Waals surface area contributed by atoms with Gasteiger partial charge < -0.3 is 14.5 Å². The molecule has 0 spiro atoms. The van der Waals surface area contributed by atoms with Gasteiger partial charge in [0.05, 0.1) is 17.8 Å². The highest BCUT2D eigenvalue weighted by atomic mass is 35.5. The van der Waals surface area contributed by atoms with Gasteiger partial charge in [0, 0.05) is 26.2 Å². The number of amides is 1. The van der Waals surface area contributed by atoms with E-state index in [2.05, 4.69) is 9.64 Å². The number of esters is 1. The van der Waals surface area contributed by atoms with Gasteiger partial charge in [-0.3, -0.25) is 4.79 Å². The Hall–Kier alpha value is -1.75. The number of anilines is 1. The summed E-state index contributed by atoms with van der Waals surface area (Å²) >= 11 is 6.13. The number of piperazine rings is 1. The first-order valence-corrected chi connectivity index (χ1v) is 6.38. The monoisotopic (exact) mass is 282 g/mol. The van der Waals surface area contributed by atoms with E-state index >= 15 is 0 Å². The van der Waals surface area contributed by atoms with Gasteiger partial charge in [0.2, 0.25) is 0 Å².